The molecule has 1 amide bonds. The molecule has 0 aliphatic heterocycles. The number of Topliss-reactive ketones (excluding diaryl/α,β-unsaturated/α-hetero) is 1. The number of aromatic hydroxyl groups is 1. The van der Waals surface area contributed by atoms with Gasteiger partial charge < -0.3 is 25.7 Å². The summed E-state index contributed by atoms with van der Waals surface area (Å²) in [6.07, 6.45) is -1.31. The second-order valence-electron chi connectivity index (χ2n) is 6.29. The Balaban J connectivity index is 0.00000312. The average Bonchev–Trinajstić information content (AvgIpc) is 2.53. The van der Waals surface area contributed by atoms with Crippen LogP contribution in [-0.2, 0) is 4.79 Å². The van der Waals surface area contributed by atoms with Gasteiger partial charge in [-0.2, -0.15) is 0 Å². The van der Waals surface area contributed by atoms with Crippen LogP contribution < -0.4 is 24.2 Å². The summed E-state index contributed by atoms with van der Waals surface area (Å²) in [4.78, 5) is 25.2. The van der Waals surface area contributed by atoms with Gasteiger partial charge in [0.2, 0.25) is 5.78 Å². The Bertz CT molecular complexity index is 701. The number of nitrogens with zero attached hydrogens (tertiary/aromatic N) is 2. The van der Waals surface area contributed by atoms with Crippen LogP contribution in [-0.4, -0.2) is 53.5 Å². The monoisotopic (exact) mass is 339 g/mol. The zero-order chi connectivity index (χ0) is 18.0. The van der Waals surface area contributed by atoms with Crippen molar-refractivity contribution in [1.82, 2.24) is 10.2 Å². The van der Waals surface area contributed by atoms with Crippen LogP contribution in [0.25, 0.3) is 5.32 Å². The summed E-state index contributed by atoms with van der Waals surface area (Å²) >= 11 is 0. The van der Waals surface area contributed by atoms with E-state index in [4.69, 9.17) is 0 Å². The van der Waals surface area contributed by atoms with E-state index in [1.54, 1.807) is 20.2 Å². The van der Waals surface area contributed by atoms with E-state index in [2.05, 4.69) is 10.6 Å². The summed E-state index contributed by atoms with van der Waals surface area (Å²) in [5.41, 5.74) is 0.664. The Morgan fingerprint density at radius 3 is 2.56 bits per heavy atom. The minimum absolute atomic E-state index is 0. The van der Waals surface area contributed by atoms with Gasteiger partial charge in [-0.1, -0.05) is 37.4 Å². The van der Waals surface area contributed by atoms with Crippen LogP contribution in [0, 0.1) is 5.92 Å². The molecule has 25 heavy (non-hydrogen) atoms. The van der Waals surface area contributed by atoms with Crippen molar-refractivity contribution >= 4 is 17.4 Å². The Kier molecular flexibility index (Phi) is 7.12. The van der Waals surface area contributed by atoms with Crippen molar-refractivity contribution in [3.05, 3.63) is 40.5 Å². The first-order valence-electron chi connectivity index (χ1n) is 7.69. The first kappa shape index (κ1) is 21.1. The molecule has 7 nitrogen and oxygen atoms in total. The SMILES string of the molecule is CC(C)CNC1=C([N-]c2cccc(C(=O)N(C)C)c2O)C(O)C1=O.[Li+]. The fraction of sp³-hybridized carbons (Fsp3) is 0.412. The minimum atomic E-state index is -1.31. The predicted molar refractivity (Wildman–Crippen MR) is 90.0 cm³/mol. The molecule has 0 heterocycles. The summed E-state index contributed by atoms with van der Waals surface area (Å²) in [6, 6.07) is 4.60. The third kappa shape index (κ3) is 4.37. The van der Waals surface area contributed by atoms with Crippen molar-refractivity contribution in [2.75, 3.05) is 20.6 Å². The number of aliphatic hydroxyl groups is 1. The Morgan fingerprint density at radius 1 is 1.36 bits per heavy atom. The molecule has 0 bridgehead atoms. The molecule has 8 heteroatoms. The van der Waals surface area contributed by atoms with Crippen LogP contribution in [0.3, 0.4) is 0 Å². The molecule has 0 saturated carbocycles. The first-order chi connectivity index (χ1) is 11.2. The van der Waals surface area contributed by atoms with Crippen molar-refractivity contribution in [2.45, 2.75) is 20.0 Å². The Labute approximate surface area is 159 Å². The van der Waals surface area contributed by atoms with Crippen LogP contribution in [0.2, 0.25) is 0 Å². The molecule has 3 N–H and O–H groups in total. The van der Waals surface area contributed by atoms with Gasteiger partial charge in [0.25, 0.3) is 5.91 Å². The van der Waals surface area contributed by atoms with Crippen LogP contribution in [0.5, 0.6) is 5.75 Å². The van der Waals surface area contributed by atoms with Crippen LogP contribution in [0.15, 0.2) is 29.6 Å². The molecule has 1 aromatic rings. The molecule has 1 aliphatic carbocycles. The predicted octanol–water partition coefficient (Wildman–Crippen LogP) is -1.50. The van der Waals surface area contributed by atoms with Gasteiger partial charge in [0, 0.05) is 20.6 Å². The first-order valence-corrected chi connectivity index (χ1v) is 7.69. The van der Waals surface area contributed by atoms with Gasteiger partial charge in [-0.15, -0.1) is 0 Å². The second-order valence-corrected chi connectivity index (χ2v) is 6.29. The molecule has 0 spiro atoms. The zero-order valence-corrected chi connectivity index (χ0v) is 15.2. The van der Waals surface area contributed by atoms with Gasteiger partial charge in [-0.3, -0.25) is 9.59 Å². The number of carbonyl (C=O) groups is 2. The van der Waals surface area contributed by atoms with Gasteiger partial charge in [-0.25, -0.2) is 0 Å². The molecule has 1 aliphatic rings. The molecule has 2 rings (SSSR count). The number of aliphatic hydroxyl groups excluding tert-OH is 1. The molecule has 0 saturated heterocycles. The molecule has 130 valence electrons. The topological polar surface area (TPSA) is 104 Å². The number of ketones is 1. The Morgan fingerprint density at radius 2 is 2.00 bits per heavy atom. The number of amides is 1. The fourth-order valence-corrected chi connectivity index (χ4v) is 2.21. The van der Waals surface area contributed by atoms with Gasteiger partial charge in [0.15, 0.2) is 0 Å². The van der Waals surface area contributed by atoms with E-state index < -0.39 is 11.9 Å². The van der Waals surface area contributed by atoms with Crippen molar-refractivity contribution in [3.8, 4) is 5.75 Å². The number of phenols is 1. The maximum absolute atomic E-state index is 12.0. The molecular formula is C17H22LiN3O4. The molecule has 1 aromatic carbocycles. The third-order valence-corrected chi connectivity index (χ3v) is 3.59. The van der Waals surface area contributed by atoms with E-state index >= 15 is 0 Å². The third-order valence-electron chi connectivity index (χ3n) is 3.59. The fourth-order valence-electron chi connectivity index (χ4n) is 2.21. The standard InChI is InChI=1S/C17H23N3O4.Li/c1-9(2)8-18-12-13(16(23)15(12)22)19-11-7-5-6-10(14(11)21)17(24)20(3)4;/h5-7,9,16,18,23H,8H2,1-4H3,(H2,19,21,22,24);/q;+1/p-1. The number of carbonyl (C=O) groups excluding carboxylic acids is 2. The number of nitrogens with one attached hydrogen (secondary N) is 1. The minimum Gasteiger partial charge on any atom is -0.654 e. The molecule has 0 radical (unpaired) electrons. The van der Waals surface area contributed by atoms with Gasteiger partial charge in [-0.05, 0) is 12.0 Å². The largest absolute Gasteiger partial charge is 1.00 e. The molecular weight excluding hydrogens is 317 g/mol. The van der Waals surface area contributed by atoms with Crippen molar-refractivity contribution < 1.29 is 38.7 Å². The molecule has 1 atom stereocenters. The van der Waals surface area contributed by atoms with E-state index in [1.165, 1.54) is 17.0 Å². The maximum Gasteiger partial charge on any atom is 1.00 e. The summed E-state index contributed by atoms with van der Waals surface area (Å²) in [5.74, 6) is -0.742. The number of rotatable bonds is 6. The van der Waals surface area contributed by atoms with Crippen molar-refractivity contribution in [1.29, 1.82) is 0 Å². The van der Waals surface area contributed by atoms with Crippen LogP contribution in [0.4, 0.5) is 5.69 Å². The average molecular weight is 339 g/mol. The van der Waals surface area contributed by atoms with Crippen LogP contribution in [0.1, 0.15) is 24.2 Å². The van der Waals surface area contributed by atoms with Gasteiger partial charge in [0.05, 0.1) is 11.3 Å². The molecule has 0 aromatic heterocycles. The summed E-state index contributed by atoms with van der Waals surface area (Å²) in [6.45, 7) is 4.55. The molecule has 1 unspecified atom stereocenters. The quantitative estimate of drug-likeness (QED) is 0.548. The van der Waals surface area contributed by atoms with Crippen molar-refractivity contribution in [3.63, 3.8) is 0 Å². The number of benzene rings is 1. The van der Waals surface area contributed by atoms with Crippen LogP contribution >= 0.6 is 0 Å². The number of para-hydroxylation sites is 1. The van der Waals surface area contributed by atoms with E-state index in [0.717, 1.165) is 0 Å². The summed E-state index contributed by atoms with van der Waals surface area (Å²) < 4.78 is 0. The van der Waals surface area contributed by atoms with Gasteiger partial charge in [0.1, 0.15) is 11.9 Å². The van der Waals surface area contributed by atoms with E-state index in [-0.39, 0.29) is 53.2 Å². The van der Waals surface area contributed by atoms with E-state index in [0.29, 0.717) is 12.5 Å². The van der Waals surface area contributed by atoms with E-state index in [1.807, 2.05) is 13.8 Å². The smallest absolute Gasteiger partial charge is 0.654 e. The van der Waals surface area contributed by atoms with E-state index in [9.17, 15) is 19.8 Å². The second kappa shape index (κ2) is 8.43. The zero-order valence-electron chi connectivity index (χ0n) is 15.2. The molecule has 0 fully saturated rings. The number of hydrogen-bond acceptors (Lipinski definition) is 5. The van der Waals surface area contributed by atoms with Crippen molar-refractivity contribution in [2.24, 2.45) is 5.92 Å². The number of phenolic OH excluding ortho intramolecular Hbond substituents is 1. The normalized spacial score (nSPS) is 16.2. The maximum atomic E-state index is 12.0. The van der Waals surface area contributed by atoms with Gasteiger partial charge >= 0.3 is 18.9 Å². The Hall–Kier alpha value is -1.94. The number of hydrogen-bond donors (Lipinski definition) is 3. The summed E-state index contributed by atoms with van der Waals surface area (Å²) in [5, 5.41) is 27.3. The summed E-state index contributed by atoms with van der Waals surface area (Å²) in [7, 11) is 3.16.